The molecule has 1 heterocycles. The molecule has 0 aromatic carbocycles. The van der Waals surface area contributed by atoms with E-state index in [9.17, 15) is 0 Å². The van der Waals surface area contributed by atoms with Crippen LogP contribution >= 0.6 is 0 Å². The van der Waals surface area contributed by atoms with E-state index in [4.69, 9.17) is 12.2 Å². The van der Waals surface area contributed by atoms with E-state index >= 15 is 0 Å². The molecule has 0 amide bonds. The predicted molar refractivity (Wildman–Crippen MR) is 67.9 cm³/mol. The zero-order valence-electron chi connectivity index (χ0n) is 10.1. The molecule has 0 unspecified atom stereocenters. The fraction of sp³-hybridized carbons (Fsp3) is 0.615. The first-order valence-electron chi connectivity index (χ1n) is 6.02. The molecule has 0 bridgehead atoms. The minimum Gasteiger partial charge on any atom is -0.384 e. The molecule has 0 spiro atoms. The molecule has 0 radical (unpaired) electrons. The fourth-order valence-electron chi connectivity index (χ4n) is 1.75. The molecule has 0 aliphatic heterocycles. The van der Waals surface area contributed by atoms with Gasteiger partial charge in [-0.15, -0.1) is 6.42 Å². The number of rotatable bonds is 7. The van der Waals surface area contributed by atoms with Crippen LogP contribution in [0.15, 0.2) is 6.33 Å². The normalized spacial score (nSPS) is 10.2. The van der Waals surface area contributed by atoms with Crippen molar-refractivity contribution in [3.63, 3.8) is 0 Å². The summed E-state index contributed by atoms with van der Waals surface area (Å²) in [5.41, 5.74) is 6.93. The molecule has 0 atom stereocenters. The van der Waals surface area contributed by atoms with E-state index in [1.54, 1.807) is 6.33 Å². The minimum absolute atomic E-state index is 0.509. The van der Waals surface area contributed by atoms with E-state index in [1.165, 1.54) is 25.7 Å². The topological polar surface area (TPSA) is 43.8 Å². The molecule has 0 aliphatic rings. The van der Waals surface area contributed by atoms with E-state index in [-0.39, 0.29) is 0 Å². The van der Waals surface area contributed by atoms with E-state index < -0.39 is 0 Å². The van der Waals surface area contributed by atoms with Crippen molar-refractivity contribution in [3.05, 3.63) is 12.0 Å². The number of unbranched alkanes of at least 4 members (excludes halogenated alkanes) is 4. The second-order valence-electron chi connectivity index (χ2n) is 4.07. The van der Waals surface area contributed by atoms with Gasteiger partial charge in [-0.2, -0.15) is 0 Å². The minimum atomic E-state index is 0.509. The van der Waals surface area contributed by atoms with Crippen LogP contribution in [0.4, 0.5) is 5.82 Å². The molecule has 2 N–H and O–H groups in total. The zero-order valence-corrected chi connectivity index (χ0v) is 10.1. The molecule has 1 rings (SSSR count). The van der Waals surface area contributed by atoms with Crippen LogP contribution in [-0.2, 0) is 13.0 Å². The highest BCUT2D eigenvalue weighted by atomic mass is 15.1. The van der Waals surface area contributed by atoms with Crippen LogP contribution in [-0.4, -0.2) is 9.55 Å². The Bertz CT molecular complexity index is 347. The Hall–Kier alpha value is -1.43. The van der Waals surface area contributed by atoms with Gasteiger partial charge in [0.1, 0.15) is 5.82 Å². The summed E-state index contributed by atoms with van der Waals surface area (Å²) < 4.78 is 1.82. The number of aromatic nitrogens is 2. The summed E-state index contributed by atoms with van der Waals surface area (Å²) in [6.45, 7) is 2.73. The number of anilines is 1. The SMILES string of the molecule is C#CCn1cnc(CCCCCCC)c1N. The van der Waals surface area contributed by atoms with E-state index in [0.29, 0.717) is 6.54 Å². The largest absolute Gasteiger partial charge is 0.384 e. The molecular weight excluding hydrogens is 198 g/mol. The van der Waals surface area contributed by atoms with Crippen molar-refractivity contribution in [2.24, 2.45) is 0 Å². The summed E-state index contributed by atoms with van der Waals surface area (Å²) in [7, 11) is 0. The van der Waals surface area contributed by atoms with Crippen LogP contribution < -0.4 is 5.73 Å². The third-order valence-electron chi connectivity index (χ3n) is 2.74. The molecule has 0 aliphatic carbocycles. The summed E-state index contributed by atoms with van der Waals surface area (Å²) in [6.07, 6.45) is 14.3. The van der Waals surface area contributed by atoms with Crippen molar-refractivity contribution in [3.8, 4) is 12.3 Å². The summed E-state index contributed by atoms with van der Waals surface area (Å²) in [6, 6.07) is 0. The van der Waals surface area contributed by atoms with Crippen LogP contribution in [0.2, 0.25) is 0 Å². The Morgan fingerprint density at radius 2 is 2.12 bits per heavy atom. The van der Waals surface area contributed by atoms with Crippen molar-refractivity contribution in [1.82, 2.24) is 9.55 Å². The Kier molecular flexibility index (Phi) is 5.49. The molecular formula is C13H21N3. The Morgan fingerprint density at radius 3 is 2.81 bits per heavy atom. The Labute approximate surface area is 98.1 Å². The van der Waals surface area contributed by atoms with Crippen LogP contribution in [0, 0.1) is 12.3 Å². The summed E-state index contributed by atoms with van der Waals surface area (Å²) in [4.78, 5) is 4.29. The Morgan fingerprint density at radius 1 is 1.38 bits per heavy atom. The maximum Gasteiger partial charge on any atom is 0.127 e. The van der Waals surface area contributed by atoms with Crippen molar-refractivity contribution < 1.29 is 0 Å². The lowest BCUT2D eigenvalue weighted by molar-refractivity contribution is 0.629. The van der Waals surface area contributed by atoms with Crippen molar-refractivity contribution in [2.75, 3.05) is 5.73 Å². The lowest BCUT2D eigenvalue weighted by Crippen LogP contribution is -2.02. The van der Waals surface area contributed by atoms with E-state index in [1.807, 2.05) is 4.57 Å². The number of nitrogens with two attached hydrogens (primary N) is 1. The summed E-state index contributed by atoms with van der Waals surface area (Å²) in [5, 5.41) is 0. The molecule has 1 aromatic rings. The number of terminal acetylenes is 1. The van der Waals surface area contributed by atoms with Crippen molar-refractivity contribution >= 4 is 5.82 Å². The smallest absolute Gasteiger partial charge is 0.127 e. The van der Waals surface area contributed by atoms with E-state index in [0.717, 1.165) is 24.4 Å². The molecule has 3 heteroatoms. The predicted octanol–water partition coefficient (Wildman–Crippen LogP) is 2.61. The number of nitrogens with zero attached hydrogens (tertiary/aromatic N) is 2. The van der Waals surface area contributed by atoms with Gasteiger partial charge in [-0.3, -0.25) is 0 Å². The number of nitrogen functional groups attached to an aromatic ring is 1. The average Bonchev–Trinajstić information content (AvgIpc) is 2.62. The molecule has 0 fully saturated rings. The first kappa shape index (κ1) is 12.6. The molecule has 3 nitrogen and oxygen atoms in total. The quantitative estimate of drug-likeness (QED) is 0.566. The van der Waals surface area contributed by atoms with Crippen LogP contribution in [0.3, 0.4) is 0 Å². The second-order valence-corrected chi connectivity index (χ2v) is 4.07. The standard InChI is InChI=1S/C13H21N3/c1-3-5-6-7-8-9-12-13(14)16(10-4-2)11-15-12/h2,11H,3,5-10,14H2,1H3. The average molecular weight is 219 g/mol. The molecule has 1 aromatic heterocycles. The maximum atomic E-state index is 5.94. The summed E-state index contributed by atoms with van der Waals surface area (Å²) >= 11 is 0. The van der Waals surface area contributed by atoms with Crippen molar-refractivity contribution in [1.29, 1.82) is 0 Å². The number of imidazole rings is 1. The van der Waals surface area contributed by atoms with Gasteiger partial charge in [0.2, 0.25) is 0 Å². The third kappa shape index (κ3) is 3.62. The second kappa shape index (κ2) is 6.95. The highest BCUT2D eigenvalue weighted by Crippen LogP contribution is 2.14. The van der Waals surface area contributed by atoms with Gasteiger partial charge in [-0.1, -0.05) is 38.5 Å². The van der Waals surface area contributed by atoms with E-state index in [2.05, 4.69) is 17.8 Å². The molecule has 0 saturated heterocycles. The molecule has 16 heavy (non-hydrogen) atoms. The van der Waals surface area contributed by atoms with Crippen LogP contribution in [0.5, 0.6) is 0 Å². The maximum absolute atomic E-state index is 5.94. The van der Waals surface area contributed by atoms with Gasteiger partial charge in [-0.25, -0.2) is 4.98 Å². The highest BCUT2D eigenvalue weighted by Gasteiger charge is 2.05. The highest BCUT2D eigenvalue weighted by molar-refractivity contribution is 5.36. The first-order valence-corrected chi connectivity index (χ1v) is 6.02. The van der Waals surface area contributed by atoms with Gasteiger partial charge in [-0.05, 0) is 12.8 Å². The number of aryl methyl sites for hydroxylation is 1. The van der Waals surface area contributed by atoms with Crippen LogP contribution in [0.1, 0.15) is 44.7 Å². The first-order chi connectivity index (χ1) is 7.79. The fourth-order valence-corrected chi connectivity index (χ4v) is 1.75. The van der Waals surface area contributed by atoms with Gasteiger partial charge in [0.05, 0.1) is 18.6 Å². The summed E-state index contributed by atoms with van der Waals surface area (Å²) in [5.74, 6) is 3.30. The molecule has 0 saturated carbocycles. The monoisotopic (exact) mass is 219 g/mol. The van der Waals surface area contributed by atoms with Gasteiger partial charge < -0.3 is 10.3 Å². The Balaban J connectivity index is 2.34. The molecule has 88 valence electrons. The van der Waals surface area contributed by atoms with Gasteiger partial charge >= 0.3 is 0 Å². The number of hydrogen-bond acceptors (Lipinski definition) is 2. The van der Waals surface area contributed by atoms with Crippen LogP contribution in [0.25, 0.3) is 0 Å². The van der Waals surface area contributed by atoms with Gasteiger partial charge in [0.25, 0.3) is 0 Å². The van der Waals surface area contributed by atoms with Gasteiger partial charge in [0.15, 0.2) is 0 Å². The number of hydrogen-bond donors (Lipinski definition) is 1. The lowest BCUT2D eigenvalue weighted by atomic mass is 10.1. The zero-order chi connectivity index (χ0) is 11.8. The lowest BCUT2D eigenvalue weighted by Gasteiger charge is -2.02. The van der Waals surface area contributed by atoms with Crippen molar-refractivity contribution in [2.45, 2.75) is 52.0 Å². The third-order valence-corrected chi connectivity index (χ3v) is 2.74. The van der Waals surface area contributed by atoms with Gasteiger partial charge in [0, 0.05) is 0 Å².